The van der Waals surface area contributed by atoms with Gasteiger partial charge in [-0.05, 0) is 81.4 Å². The molecule has 152 valence electrons. The quantitative estimate of drug-likeness (QED) is 0.665. The van der Waals surface area contributed by atoms with Gasteiger partial charge in [0.05, 0.1) is 15.5 Å². The number of carbonyl (C=O) groups excluding carboxylic acids is 2. The summed E-state index contributed by atoms with van der Waals surface area (Å²) in [5.41, 5.74) is -0.262. The van der Waals surface area contributed by atoms with E-state index in [9.17, 15) is 18.0 Å². The van der Waals surface area contributed by atoms with Crippen molar-refractivity contribution in [2.45, 2.75) is 56.4 Å². The third kappa shape index (κ3) is 3.50. The number of hydrogen-bond donors (Lipinski definition) is 0. The van der Waals surface area contributed by atoms with Crippen LogP contribution in [0.2, 0.25) is 5.02 Å². The molecule has 7 heteroatoms. The van der Waals surface area contributed by atoms with Crippen molar-refractivity contribution in [1.82, 2.24) is 0 Å². The molecule has 1 aromatic carbocycles. The maximum atomic E-state index is 13.2. The molecule has 1 atom stereocenters. The van der Waals surface area contributed by atoms with Crippen LogP contribution in [0.4, 0.5) is 0 Å². The predicted octanol–water partition coefficient (Wildman–Crippen LogP) is 4.07. The summed E-state index contributed by atoms with van der Waals surface area (Å²) < 4.78 is 29.1. The van der Waals surface area contributed by atoms with Crippen molar-refractivity contribution in [3.63, 3.8) is 0 Å². The van der Waals surface area contributed by atoms with E-state index in [0.717, 1.165) is 25.5 Å². The normalized spacial score (nSPS) is 32.2. The lowest BCUT2D eigenvalue weighted by Crippen LogP contribution is -2.52. The highest BCUT2D eigenvalue weighted by molar-refractivity contribution is 7.90. The minimum absolute atomic E-state index is 0.0252. The van der Waals surface area contributed by atoms with Gasteiger partial charge in [0, 0.05) is 11.7 Å². The number of benzene rings is 1. The predicted molar refractivity (Wildman–Crippen MR) is 105 cm³/mol. The third-order valence-corrected chi connectivity index (χ3v) is 8.36. The van der Waals surface area contributed by atoms with Gasteiger partial charge < -0.3 is 4.74 Å². The molecule has 5 rings (SSSR count). The number of ketones is 1. The maximum Gasteiger partial charge on any atom is 0.338 e. The first kappa shape index (κ1) is 19.9. The molecule has 4 bridgehead atoms. The van der Waals surface area contributed by atoms with Gasteiger partial charge >= 0.3 is 5.97 Å². The third-order valence-electron chi connectivity index (χ3n) is 6.78. The fourth-order valence-electron chi connectivity index (χ4n) is 6.04. The second-order valence-corrected chi connectivity index (χ2v) is 11.4. The number of halogens is 1. The van der Waals surface area contributed by atoms with E-state index in [4.69, 9.17) is 16.3 Å². The summed E-state index contributed by atoms with van der Waals surface area (Å²) in [6, 6.07) is 3.99. The number of hydrogen-bond acceptors (Lipinski definition) is 5. The van der Waals surface area contributed by atoms with Crippen LogP contribution in [0.1, 0.15) is 55.8 Å². The molecule has 0 heterocycles. The molecule has 0 N–H and O–H groups in total. The van der Waals surface area contributed by atoms with Gasteiger partial charge in [0.2, 0.25) is 0 Å². The zero-order valence-corrected chi connectivity index (χ0v) is 17.7. The Hall–Kier alpha value is -1.40. The lowest BCUT2D eigenvalue weighted by molar-refractivity contribution is -0.152. The standard InChI is InChI=1S/C21H25ClO5S/c1-12(19(23)21-9-13-5-14(10-21)7-15(6-13)11-21)27-20(24)16-3-4-17(22)18(8-16)28(2,25)26/h3-4,8,12-15H,5-7,9-11H2,1-2H3/t12-,13?,14?,15?,21?/m0/s1. The monoisotopic (exact) mass is 424 g/mol. The molecule has 0 radical (unpaired) electrons. The summed E-state index contributed by atoms with van der Waals surface area (Å²) in [5, 5.41) is 0.0525. The van der Waals surface area contributed by atoms with E-state index in [1.807, 2.05) is 0 Å². The zero-order valence-electron chi connectivity index (χ0n) is 16.1. The summed E-state index contributed by atoms with van der Waals surface area (Å²) in [6.45, 7) is 1.63. The van der Waals surface area contributed by atoms with Crippen LogP contribution in [0, 0.1) is 23.2 Å². The molecule has 0 aromatic heterocycles. The first-order chi connectivity index (χ1) is 13.1. The number of ether oxygens (including phenoxy) is 1. The average molecular weight is 425 g/mol. The Kier molecular flexibility index (Phi) is 4.86. The van der Waals surface area contributed by atoms with Crippen molar-refractivity contribution >= 4 is 33.2 Å². The van der Waals surface area contributed by atoms with Crippen LogP contribution in [0.15, 0.2) is 23.1 Å². The van der Waals surface area contributed by atoms with E-state index < -0.39 is 21.9 Å². The number of carbonyl (C=O) groups is 2. The van der Waals surface area contributed by atoms with Crippen LogP contribution >= 0.6 is 11.6 Å². The summed E-state index contributed by atoms with van der Waals surface area (Å²) in [4.78, 5) is 25.7. The Labute approximate surface area is 170 Å². The minimum Gasteiger partial charge on any atom is -0.451 e. The lowest BCUT2D eigenvalue weighted by atomic mass is 9.48. The molecule has 0 amide bonds. The molecule has 0 spiro atoms. The Morgan fingerprint density at radius 1 is 1.11 bits per heavy atom. The van der Waals surface area contributed by atoms with Gasteiger partial charge in [0.1, 0.15) is 0 Å². The van der Waals surface area contributed by atoms with E-state index in [0.29, 0.717) is 17.8 Å². The van der Waals surface area contributed by atoms with Crippen LogP contribution in [-0.4, -0.2) is 32.5 Å². The summed E-state index contributed by atoms with van der Waals surface area (Å²) in [7, 11) is -3.57. The van der Waals surface area contributed by atoms with E-state index >= 15 is 0 Å². The Morgan fingerprint density at radius 3 is 2.14 bits per heavy atom. The van der Waals surface area contributed by atoms with Crippen molar-refractivity contribution in [2.75, 3.05) is 6.26 Å². The van der Waals surface area contributed by atoms with Gasteiger partial charge in [-0.25, -0.2) is 13.2 Å². The molecule has 0 saturated heterocycles. The second kappa shape index (κ2) is 6.84. The topological polar surface area (TPSA) is 77.5 Å². The number of rotatable bonds is 5. The van der Waals surface area contributed by atoms with Crippen molar-refractivity contribution in [1.29, 1.82) is 0 Å². The summed E-state index contributed by atoms with van der Waals surface area (Å²) >= 11 is 5.93. The van der Waals surface area contributed by atoms with Crippen LogP contribution in [0.5, 0.6) is 0 Å². The van der Waals surface area contributed by atoms with Crippen LogP contribution in [0.25, 0.3) is 0 Å². The Bertz CT molecular complexity index is 901. The van der Waals surface area contributed by atoms with Gasteiger partial charge in [0.25, 0.3) is 0 Å². The zero-order chi connectivity index (χ0) is 20.3. The molecule has 0 unspecified atom stereocenters. The second-order valence-electron chi connectivity index (χ2n) is 9.03. The van der Waals surface area contributed by atoms with Crippen molar-refractivity contribution in [2.24, 2.45) is 23.2 Å². The van der Waals surface area contributed by atoms with Crippen LogP contribution in [-0.2, 0) is 19.4 Å². The van der Waals surface area contributed by atoms with E-state index in [2.05, 4.69) is 0 Å². The molecule has 4 aliphatic carbocycles. The van der Waals surface area contributed by atoms with Gasteiger partial charge in [0.15, 0.2) is 21.7 Å². The number of Topliss-reactive ketones (excluding diaryl/α,β-unsaturated/α-hetero) is 1. The summed E-state index contributed by atoms with van der Waals surface area (Å²) in [6.07, 6.45) is 6.64. The molecule has 0 aliphatic heterocycles. The molecule has 4 aliphatic rings. The fourth-order valence-corrected chi connectivity index (χ4v) is 7.34. The average Bonchev–Trinajstić information content (AvgIpc) is 2.59. The highest BCUT2D eigenvalue weighted by atomic mass is 35.5. The number of sulfone groups is 1. The van der Waals surface area contributed by atoms with Crippen LogP contribution < -0.4 is 0 Å². The molecular formula is C21H25ClO5S. The Balaban J connectivity index is 1.50. The van der Waals surface area contributed by atoms with Crippen LogP contribution in [0.3, 0.4) is 0 Å². The molecule has 28 heavy (non-hydrogen) atoms. The Morgan fingerprint density at radius 2 is 1.64 bits per heavy atom. The highest BCUT2D eigenvalue weighted by Gasteiger charge is 2.55. The number of esters is 1. The van der Waals surface area contributed by atoms with E-state index in [1.54, 1.807) is 6.92 Å². The van der Waals surface area contributed by atoms with Gasteiger partial charge in [-0.2, -0.15) is 0 Å². The van der Waals surface area contributed by atoms with Crippen molar-refractivity contribution < 1.29 is 22.7 Å². The molecular weight excluding hydrogens is 400 g/mol. The van der Waals surface area contributed by atoms with E-state index in [-0.39, 0.29) is 26.7 Å². The SMILES string of the molecule is C[C@H](OC(=O)c1ccc(Cl)c(S(C)(=O)=O)c1)C(=O)C12CC3CC(CC(C3)C1)C2. The minimum atomic E-state index is -3.57. The summed E-state index contributed by atoms with van der Waals surface area (Å²) in [5.74, 6) is 1.22. The smallest absolute Gasteiger partial charge is 0.338 e. The lowest BCUT2D eigenvalue weighted by Gasteiger charge is -2.56. The molecule has 4 fully saturated rings. The highest BCUT2D eigenvalue weighted by Crippen LogP contribution is 2.60. The fraction of sp³-hybridized carbons (Fsp3) is 0.619. The largest absolute Gasteiger partial charge is 0.451 e. The van der Waals surface area contributed by atoms with Gasteiger partial charge in [-0.3, -0.25) is 4.79 Å². The maximum absolute atomic E-state index is 13.2. The first-order valence-corrected chi connectivity index (χ1v) is 12.1. The molecule has 5 nitrogen and oxygen atoms in total. The van der Waals surface area contributed by atoms with Crippen molar-refractivity contribution in [3.8, 4) is 0 Å². The van der Waals surface area contributed by atoms with E-state index in [1.165, 1.54) is 37.5 Å². The molecule has 4 saturated carbocycles. The first-order valence-electron chi connectivity index (χ1n) is 9.82. The van der Waals surface area contributed by atoms with Gasteiger partial charge in [-0.1, -0.05) is 11.6 Å². The van der Waals surface area contributed by atoms with Crippen molar-refractivity contribution in [3.05, 3.63) is 28.8 Å². The van der Waals surface area contributed by atoms with Gasteiger partial charge in [-0.15, -0.1) is 0 Å². The molecule has 1 aromatic rings.